The highest BCUT2D eigenvalue weighted by molar-refractivity contribution is 5.85. The van der Waals surface area contributed by atoms with E-state index in [2.05, 4.69) is 15.5 Å². The van der Waals surface area contributed by atoms with Gasteiger partial charge in [-0.05, 0) is 50.7 Å². The molecule has 2 aliphatic rings. The van der Waals surface area contributed by atoms with E-state index in [1.807, 2.05) is 0 Å². The molecule has 1 aliphatic carbocycles. The lowest BCUT2D eigenvalue weighted by atomic mass is 9.93. The Morgan fingerprint density at radius 1 is 1.25 bits per heavy atom. The highest BCUT2D eigenvalue weighted by Gasteiger charge is 2.29. The molecule has 0 saturated carbocycles. The van der Waals surface area contributed by atoms with Gasteiger partial charge in [-0.3, -0.25) is 14.9 Å². The van der Waals surface area contributed by atoms with Gasteiger partial charge in [0.1, 0.15) is 11.5 Å². The van der Waals surface area contributed by atoms with Crippen LogP contribution in [-0.4, -0.2) is 40.9 Å². The van der Waals surface area contributed by atoms with Crippen LogP contribution >= 0.6 is 12.4 Å². The summed E-state index contributed by atoms with van der Waals surface area (Å²) in [6.45, 7) is 1.46. The van der Waals surface area contributed by atoms with Gasteiger partial charge in [-0.25, -0.2) is 4.98 Å². The van der Waals surface area contributed by atoms with Crippen LogP contribution < -0.4 is 21.3 Å². The Hall–Kier alpha value is -3.14. The summed E-state index contributed by atoms with van der Waals surface area (Å²) < 4.78 is 0. The minimum absolute atomic E-state index is 0. The van der Waals surface area contributed by atoms with Crippen molar-refractivity contribution in [2.24, 2.45) is 5.92 Å². The van der Waals surface area contributed by atoms with Gasteiger partial charge in [-0.2, -0.15) is 4.98 Å². The van der Waals surface area contributed by atoms with Gasteiger partial charge in [0.25, 0.3) is 5.69 Å². The largest absolute Gasteiger partial charge is 0.393 e. The molecule has 1 aromatic carbocycles. The third-order valence-corrected chi connectivity index (χ3v) is 5.98. The summed E-state index contributed by atoms with van der Waals surface area (Å²) in [5.74, 6) is 1.26. The third kappa shape index (κ3) is 4.85. The van der Waals surface area contributed by atoms with Gasteiger partial charge in [-0.1, -0.05) is 0 Å². The molecular weight excluding hydrogens is 434 g/mol. The first-order chi connectivity index (χ1) is 15.0. The first-order valence-electron chi connectivity index (χ1n) is 10.6. The van der Waals surface area contributed by atoms with E-state index in [0.717, 1.165) is 62.1 Å². The SMILES string of the molecule is CNC(=O)C1CCCN(c2nc(Nc3ccc(N)c([N+](=O)[O-])c3)nc3c2CCCC3)C1.Cl. The number of carbonyl (C=O) groups excluding carboxylic acids is 1. The summed E-state index contributed by atoms with van der Waals surface area (Å²) in [7, 11) is 1.67. The molecule has 10 nitrogen and oxygen atoms in total. The number of nitrogens with zero attached hydrogens (tertiary/aromatic N) is 4. The van der Waals surface area contributed by atoms with Crippen LogP contribution in [0.25, 0.3) is 0 Å². The number of carbonyl (C=O) groups is 1. The molecule has 4 rings (SSSR count). The number of aryl methyl sites for hydroxylation is 1. The number of amides is 1. The van der Waals surface area contributed by atoms with Crippen molar-refractivity contribution < 1.29 is 9.72 Å². The number of benzene rings is 1. The van der Waals surface area contributed by atoms with Crippen LogP contribution in [0.2, 0.25) is 0 Å². The molecule has 1 saturated heterocycles. The molecule has 2 heterocycles. The van der Waals surface area contributed by atoms with Gasteiger partial charge >= 0.3 is 0 Å². The fourth-order valence-corrected chi connectivity index (χ4v) is 4.39. The van der Waals surface area contributed by atoms with E-state index in [1.165, 1.54) is 12.1 Å². The average molecular weight is 462 g/mol. The first kappa shape index (κ1) is 23.5. The molecule has 32 heavy (non-hydrogen) atoms. The summed E-state index contributed by atoms with van der Waals surface area (Å²) in [6.07, 6.45) is 5.73. The number of halogens is 1. The Bertz CT molecular complexity index is 1020. The predicted molar refractivity (Wildman–Crippen MR) is 126 cm³/mol. The fourth-order valence-electron chi connectivity index (χ4n) is 4.39. The average Bonchev–Trinajstić information content (AvgIpc) is 2.79. The van der Waals surface area contributed by atoms with Crippen LogP contribution in [0.1, 0.15) is 36.9 Å². The molecule has 4 N–H and O–H groups in total. The molecule has 1 atom stereocenters. The van der Waals surface area contributed by atoms with Gasteiger partial charge in [0, 0.05) is 37.5 Å². The maximum Gasteiger partial charge on any atom is 0.294 e. The normalized spacial score (nSPS) is 17.7. The molecule has 1 aromatic heterocycles. The van der Waals surface area contributed by atoms with Crippen LogP contribution in [0.5, 0.6) is 0 Å². The summed E-state index contributed by atoms with van der Waals surface area (Å²) in [5.41, 5.74) is 8.31. The molecule has 0 spiro atoms. The number of anilines is 4. The summed E-state index contributed by atoms with van der Waals surface area (Å²) in [4.78, 5) is 34.6. The zero-order valence-corrected chi connectivity index (χ0v) is 18.8. The van der Waals surface area contributed by atoms with Crippen molar-refractivity contribution in [2.75, 3.05) is 36.1 Å². The van der Waals surface area contributed by atoms with E-state index in [9.17, 15) is 14.9 Å². The van der Waals surface area contributed by atoms with E-state index < -0.39 is 4.92 Å². The standard InChI is InChI=1S/C21H27N7O3.ClH/c1-23-20(29)13-5-4-10-27(12-13)19-15-6-2-3-7-17(15)25-21(26-19)24-14-8-9-16(22)18(11-14)28(30)31;/h8-9,11,13H,2-7,10,12,22H2,1H3,(H,23,29)(H,24,25,26);1H. The molecule has 1 unspecified atom stereocenters. The molecule has 172 valence electrons. The second kappa shape index (κ2) is 9.99. The summed E-state index contributed by atoms with van der Waals surface area (Å²) >= 11 is 0. The number of nitro groups is 1. The number of nitrogens with one attached hydrogen (secondary N) is 2. The van der Waals surface area contributed by atoms with Gasteiger partial charge in [0.05, 0.1) is 16.5 Å². The molecule has 11 heteroatoms. The highest BCUT2D eigenvalue weighted by Crippen LogP contribution is 2.33. The van der Waals surface area contributed by atoms with Crippen molar-refractivity contribution in [3.05, 3.63) is 39.6 Å². The molecule has 1 aliphatic heterocycles. The number of hydrogen-bond acceptors (Lipinski definition) is 8. The van der Waals surface area contributed by atoms with Crippen molar-refractivity contribution in [3.63, 3.8) is 0 Å². The van der Waals surface area contributed by atoms with Crippen molar-refractivity contribution in [1.29, 1.82) is 0 Å². The minimum atomic E-state index is -0.508. The summed E-state index contributed by atoms with van der Waals surface area (Å²) in [5, 5.41) is 17.1. The van der Waals surface area contributed by atoms with Gasteiger partial charge in [-0.15, -0.1) is 12.4 Å². The number of nitrogens with two attached hydrogens (primary N) is 1. The van der Waals surface area contributed by atoms with E-state index in [1.54, 1.807) is 13.1 Å². The monoisotopic (exact) mass is 461 g/mol. The fraction of sp³-hybridized carbons (Fsp3) is 0.476. The smallest absolute Gasteiger partial charge is 0.294 e. The summed E-state index contributed by atoms with van der Waals surface area (Å²) in [6, 6.07) is 4.56. The zero-order valence-electron chi connectivity index (χ0n) is 18.0. The zero-order chi connectivity index (χ0) is 22.0. The maximum absolute atomic E-state index is 12.2. The minimum Gasteiger partial charge on any atom is -0.393 e. The highest BCUT2D eigenvalue weighted by atomic mass is 35.5. The molecule has 0 radical (unpaired) electrons. The predicted octanol–water partition coefficient (Wildman–Crippen LogP) is 2.97. The number of hydrogen-bond donors (Lipinski definition) is 3. The molecule has 1 amide bonds. The number of fused-ring (bicyclic) bond motifs is 1. The number of piperidine rings is 1. The van der Waals surface area contributed by atoms with Crippen LogP contribution in [0.4, 0.5) is 28.8 Å². The van der Waals surface area contributed by atoms with Crippen LogP contribution in [0.15, 0.2) is 18.2 Å². The molecule has 1 fully saturated rings. The Morgan fingerprint density at radius 3 is 2.78 bits per heavy atom. The second-order valence-electron chi connectivity index (χ2n) is 8.06. The van der Waals surface area contributed by atoms with E-state index in [-0.39, 0.29) is 35.6 Å². The van der Waals surface area contributed by atoms with E-state index in [4.69, 9.17) is 15.7 Å². The molecule has 0 bridgehead atoms. The Labute approximate surface area is 192 Å². The van der Waals surface area contributed by atoms with Gasteiger partial charge < -0.3 is 21.3 Å². The van der Waals surface area contributed by atoms with Crippen LogP contribution in [-0.2, 0) is 17.6 Å². The second-order valence-corrected chi connectivity index (χ2v) is 8.06. The first-order valence-corrected chi connectivity index (χ1v) is 10.6. The third-order valence-electron chi connectivity index (χ3n) is 5.98. The van der Waals surface area contributed by atoms with Crippen LogP contribution in [0.3, 0.4) is 0 Å². The van der Waals surface area contributed by atoms with Crippen molar-refractivity contribution >= 4 is 47.1 Å². The lowest BCUT2D eigenvalue weighted by molar-refractivity contribution is -0.383. The topological polar surface area (TPSA) is 139 Å². The Kier molecular flexibility index (Phi) is 7.34. The number of nitro benzene ring substituents is 1. The molecule has 2 aromatic rings. The van der Waals surface area contributed by atoms with Gasteiger partial charge in [0.15, 0.2) is 0 Å². The quantitative estimate of drug-likeness (QED) is 0.350. The van der Waals surface area contributed by atoms with Crippen molar-refractivity contribution in [2.45, 2.75) is 38.5 Å². The van der Waals surface area contributed by atoms with Crippen LogP contribution in [0, 0.1) is 16.0 Å². The molecular formula is C21H28ClN7O3. The van der Waals surface area contributed by atoms with Crippen molar-refractivity contribution in [1.82, 2.24) is 15.3 Å². The number of rotatable bonds is 5. The van der Waals surface area contributed by atoms with Crippen molar-refractivity contribution in [3.8, 4) is 0 Å². The Balaban J connectivity index is 0.00000289. The number of nitrogen functional groups attached to an aromatic ring is 1. The lowest BCUT2D eigenvalue weighted by Gasteiger charge is -2.35. The lowest BCUT2D eigenvalue weighted by Crippen LogP contribution is -2.43. The maximum atomic E-state index is 12.2. The number of aromatic nitrogens is 2. The van der Waals surface area contributed by atoms with E-state index in [0.29, 0.717) is 18.2 Å². The Morgan fingerprint density at radius 2 is 2.03 bits per heavy atom. The van der Waals surface area contributed by atoms with E-state index >= 15 is 0 Å². The van der Waals surface area contributed by atoms with Gasteiger partial charge in [0.2, 0.25) is 11.9 Å².